The molecule has 0 saturated heterocycles. The van der Waals surface area contributed by atoms with Gasteiger partial charge in [-0.15, -0.1) is 0 Å². The smallest absolute Gasteiger partial charge is 0.360 e. The van der Waals surface area contributed by atoms with Gasteiger partial charge in [0.25, 0.3) is 0 Å². The summed E-state index contributed by atoms with van der Waals surface area (Å²) in [4.78, 5) is 24.2. The number of hydrogen-bond acceptors (Lipinski definition) is 2. The molecule has 0 rings (SSSR count). The monoisotopic (exact) mass is 204 g/mol. The van der Waals surface area contributed by atoms with Crippen LogP contribution in [-0.2, 0) is 9.59 Å². The van der Waals surface area contributed by atoms with E-state index >= 15 is 0 Å². The summed E-state index contributed by atoms with van der Waals surface area (Å²) in [5.74, 6) is -2.76. The third kappa shape index (κ3) is 3.53. The molecular formula is C8H10F2N2O2. The summed E-state index contributed by atoms with van der Waals surface area (Å²) in [7, 11) is 0. The van der Waals surface area contributed by atoms with Gasteiger partial charge in [-0.25, -0.2) is 8.78 Å². The highest BCUT2D eigenvalue weighted by Gasteiger charge is 2.29. The van der Waals surface area contributed by atoms with Crippen molar-refractivity contribution in [3.63, 3.8) is 0 Å². The second-order valence-electron chi connectivity index (χ2n) is 2.94. The molecule has 0 aromatic carbocycles. The summed E-state index contributed by atoms with van der Waals surface area (Å²) in [6, 6.07) is 0. The minimum atomic E-state index is -2.63. The second-order valence-corrected chi connectivity index (χ2v) is 2.94. The minimum Gasteiger partial charge on any atom is -0.360 e. The summed E-state index contributed by atoms with van der Waals surface area (Å²) >= 11 is 0. The predicted octanol–water partition coefficient (Wildman–Crippen LogP) is 1.11. The Labute approximate surface area is 79.5 Å². The molecule has 14 heavy (non-hydrogen) atoms. The van der Waals surface area contributed by atoms with E-state index < -0.39 is 36.0 Å². The first-order valence-corrected chi connectivity index (χ1v) is 3.94. The first kappa shape index (κ1) is 12.6. The van der Waals surface area contributed by atoms with Crippen molar-refractivity contribution in [3.05, 3.63) is 5.53 Å². The summed E-state index contributed by atoms with van der Waals surface area (Å²) in [5, 5.41) is 0. The van der Waals surface area contributed by atoms with Gasteiger partial charge in [0.1, 0.15) is 0 Å². The van der Waals surface area contributed by atoms with Crippen LogP contribution < -0.4 is 0 Å². The summed E-state index contributed by atoms with van der Waals surface area (Å²) in [6.45, 7) is 2.21. The lowest BCUT2D eigenvalue weighted by atomic mass is 10.0. The van der Waals surface area contributed by atoms with Crippen LogP contribution in [0.1, 0.15) is 20.3 Å². The van der Waals surface area contributed by atoms with Crippen LogP contribution in [0.15, 0.2) is 0 Å². The van der Waals surface area contributed by atoms with Crippen molar-refractivity contribution in [1.29, 1.82) is 0 Å². The van der Waals surface area contributed by atoms with E-state index in [1.165, 1.54) is 6.92 Å². The highest BCUT2D eigenvalue weighted by atomic mass is 19.3. The largest absolute Gasteiger partial charge is 0.399 e. The van der Waals surface area contributed by atoms with E-state index in [4.69, 9.17) is 5.53 Å². The van der Waals surface area contributed by atoms with Crippen LogP contribution in [-0.4, -0.2) is 28.5 Å². The molecule has 0 N–H and O–H groups in total. The average molecular weight is 204 g/mol. The lowest BCUT2D eigenvalue weighted by Crippen LogP contribution is -2.26. The molecule has 1 unspecified atom stereocenters. The van der Waals surface area contributed by atoms with E-state index in [0.717, 1.165) is 6.92 Å². The molecular weight excluding hydrogens is 194 g/mol. The van der Waals surface area contributed by atoms with Crippen LogP contribution in [0.2, 0.25) is 0 Å². The molecule has 0 fully saturated rings. The van der Waals surface area contributed by atoms with Crippen molar-refractivity contribution >= 4 is 17.3 Å². The first-order valence-electron chi connectivity index (χ1n) is 3.94. The van der Waals surface area contributed by atoms with Crippen molar-refractivity contribution in [2.45, 2.75) is 26.7 Å². The van der Waals surface area contributed by atoms with Gasteiger partial charge in [0.2, 0.25) is 18.0 Å². The molecule has 1 atom stereocenters. The molecule has 0 aromatic heterocycles. The van der Waals surface area contributed by atoms with Crippen LogP contribution in [0.25, 0.3) is 5.53 Å². The zero-order valence-electron chi connectivity index (χ0n) is 7.83. The van der Waals surface area contributed by atoms with Gasteiger partial charge in [0.15, 0.2) is 0 Å². The van der Waals surface area contributed by atoms with Gasteiger partial charge in [0.05, 0.1) is 0 Å². The quantitative estimate of drug-likeness (QED) is 0.291. The molecule has 4 nitrogen and oxygen atoms in total. The van der Waals surface area contributed by atoms with E-state index in [1.807, 2.05) is 0 Å². The van der Waals surface area contributed by atoms with Gasteiger partial charge in [0, 0.05) is 19.3 Å². The van der Waals surface area contributed by atoms with Gasteiger partial charge < -0.3 is 5.53 Å². The average Bonchev–Trinajstić information content (AvgIpc) is 2.04. The summed E-state index contributed by atoms with van der Waals surface area (Å²) < 4.78 is 24.0. The number of halogens is 2. The maximum Gasteiger partial charge on any atom is 0.399 e. The Balaban J connectivity index is 4.50. The van der Waals surface area contributed by atoms with Gasteiger partial charge >= 0.3 is 5.71 Å². The van der Waals surface area contributed by atoms with Crippen LogP contribution in [0.5, 0.6) is 0 Å². The van der Waals surface area contributed by atoms with Crippen molar-refractivity contribution in [2.75, 3.05) is 0 Å². The Morgan fingerprint density at radius 3 is 2.21 bits per heavy atom. The number of carbonyl (C=O) groups is 2. The first-order chi connectivity index (χ1) is 6.40. The molecule has 0 saturated carbocycles. The number of rotatable bonds is 5. The van der Waals surface area contributed by atoms with Crippen LogP contribution in [0.4, 0.5) is 8.78 Å². The topological polar surface area (TPSA) is 70.5 Å². The highest BCUT2D eigenvalue weighted by molar-refractivity contribution is 6.63. The van der Waals surface area contributed by atoms with Crippen LogP contribution in [0.3, 0.4) is 0 Å². The molecule has 78 valence electrons. The maximum atomic E-state index is 12.0. The lowest BCUT2D eigenvalue weighted by Gasteiger charge is -2.05. The number of alkyl halides is 2. The predicted molar refractivity (Wildman–Crippen MR) is 44.1 cm³/mol. The van der Waals surface area contributed by atoms with Crippen molar-refractivity contribution < 1.29 is 23.2 Å². The molecule has 0 radical (unpaired) electrons. The third-order valence-corrected chi connectivity index (χ3v) is 1.64. The van der Waals surface area contributed by atoms with Crippen molar-refractivity contribution in [3.8, 4) is 0 Å². The van der Waals surface area contributed by atoms with Crippen LogP contribution >= 0.6 is 0 Å². The number of ketones is 2. The van der Waals surface area contributed by atoms with Crippen molar-refractivity contribution in [1.82, 2.24) is 0 Å². The normalized spacial score (nSPS) is 12.1. The van der Waals surface area contributed by atoms with E-state index in [0.29, 0.717) is 0 Å². The zero-order valence-corrected chi connectivity index (χ0v) is 7.83. The molecule has 0 heterocycles. The van der Waals surface area contributed by atoms with E-state index in [-0.39, 0.29) is 0 Å². The van der Waals surface area contributed by atoms with E-state index in [2.05, 4.69) is 4.79 Å². The van der Waals surface area contributed by atoms with Crippen molar-refractivity contribution in [2.24, 2.45) is 5.92 Å². The summed E-state index contributed by atoms with van der Waals surface area (Å²) in [6.07, 6.45) is -3.14. The molecule has 0 aliphatic heterocycles. The Morgan fingerprint density at radius 2 is 1.93 bits per heavy atom. The Kier molecular flexibility index (Phi) is 4.80. The molecule has 0 amide bonds. The number of Topliss-reactive ketones (excluding diaryl/α,β-unsaturated/α-hetero) is 2. The van der Waals surface area contributed by atoms with Gasteiger partial charge in [-0.3, -0.25) is 9.59 Å². The van der Waals surface area contributed by atoms with E-state index in [1.54, 1.807) is 0 Å². The minimum absolute atomic E-state index is 0.503. The Bertz CT molecular complexity index is 296. The third-order valence-electron chi connectivity index (χ3n) is 1.64. The fourth-order valence-electron chi connectivity index (χ4n) is 0.801. The standard InChI is InChI=1S/C8H10F2N2O2/c1-4(8(9)10)3-6(14)7(12-11)5(2)13/h4,8H,3H2,1-2H3. The van der Waals surface area contributed by atoms with Gasteiger partial charge in [-0.1, -0.05) is 6.92 Å². The number of nitrogens with zero attached hydrogens (tertiary/aromatic N) is 2. The van der Waals surface area contributed by atoms with Gasteiger partial charge in [-0.2, -0.15) is 4.79 Å². The molecule has 0 spiro atoms. The molecule has 0 aromatic rings. The lowest BCUT2D eigenvalue weighted by molar-refractivity contribution is -0.124. The number of hydrogen-bond donors (Lipinski definition) is 0. The fourth-order valence-corrected chi connectivity index (χ4v) is 0.801. The van der Waals surface area contributed by atoms with Gasteiger partial charge in [-0.05, 0) is 0 Å². The molecule has 6 heteroatoms. The van der Waals surface area contributed by atoms with Crippen LogP contribution in [0, 0.1) is 5.92 Å². The Morgan fingerprint density at radius 1 is 1.43 bits per heavy atom. The highest BCUT2D eigenvalue weighted by Crippen LogP contribution is 2.13. The molecule has 0 bridgehead atoms. The zero-order chi connectivity index (χ0) is 11.3. The summed E-state index contributed by atoms with van der Waals surface area (Å²) in [5.41, 5.74) is 7.59. The molecule has 0 aliphatic rings. The molecule has 0 aliphatic carbocycles. The van der Waals surface area contributed by atoms with E-state index in [9.17, 15) is 18.4 Å². The fraction of sp³-hybridized carbons (Fsp3) is 0.625. The Hall–Kier alpha value is -1.42. The number of carbonyl (C=O) groups excluding carboxylic acids is 2. The SMILES string of the molecule is CC(=O)C(=[N+]=[N-])C(=O)CC(C)C(F)F. The second kappa shape index (κ2) is 5.34. The maximum absolute atomic E-state index is 12.0.